The summed E-state index contributed by atoms with van der Waals surface area (Å²) >= 11 is 0. The number of carbonyl (C=O) groups is 1. The van der Waals surface area contributed by atoms with Gasteiger partial charge in [-0.15, -0.1) is 0 Å². The van der Waals surface area contributed by atoms with E-state index in [1.807, 2.05) is 0 Å². The van der Waals surface area contributed by atoms with Crippen LogP contribution in [0.4, 0.5) is 10.5 Å². The zero-order chi connectivity index (χ0) is 9.97. The number of hydrogen-bond acceptors (Lipinski definition) is 4. The van der Waals surface area contributed by atoms with Gasteiger partial charge >= 0.3 is 6.09 Å². The third-order valence-electron chi connectivity index (χ3n) is 2.07. The van der Waals surface area contributed by atoms with Gasteiger partial charge < -0.3 is 15.4 Å². The lowest BCUT2D eigenvalue weighted by Crippen LogP contribution is -2.43. The molecule has 0 bridgehead atoms. The second-order valence-electron chi connectivity index (χ2n) is 3.14. The Balaban J connectivity index is 1.96. The van der Waals surface area contributed by atoms with Crippen molar-refractivity contribution in [3.63, 3.8) is 0 Å². The third-order valence-corrected chi connectivity index (χ3v) is 2.07. The molecule has 1 saturated heterocycles. The van der Waals surface area contributed by atoms with Crippen molar-refractivity contribution in [3.8, 4) is 5.88 Å². The van der Waals surface area contributed by atoms with E-state index in [-0.39, 0.29) is 12.0 Å². The number of rotatable bonds is 1. The minimum atomic E-state index is -0.339. The summed E-state index contributed by atoms with van der Waals surface area (Å²) in [6.07, 6.45) is 2.16. The summed E-state index contributed by atoms with van der Waals surface area (Å²) in [4.78, 5) is 16.8. The van der Waals surface area contributed by atoms with Crippen LogP contribution in [0.3, 0.4) is 0 Å². The number of pyridine rings is 1. The minimum absolute atomic E-state index is 0.288. The molecule has 2 heterocycles. The molecule has 0 saturated carbocycles. The number of anilines is 1. The van der Waals surface area contributed by atoms with Crippen LogP contribution in [-0.4, -0.2) is 29.1 Å². The number of amides is 1. The van der Waals surface area contributed by atoms with E-state index in [2.05, 4.69) is 4.98 Å². The molecule has 0 aromatic carbocycles. The highest BCUT2D eigenvalue weighted by atomic mass is 16.6. The first-order valence-electron chi connectivity index (χ1n) is 4.44. The summed E-state index contributed by atoms with van der Waals surface area (Å²) in [5.74, 6) is 0.288. The Kier molecular flexibility index (Phi) is 2.22. The monoisotopic (exact) mass is 193 g/mol. The van der Waals surface area contributed by atoms with Gasteiger partial charge in [0.15, 0.2) is 0 Å². The predicted octanol–water partition coefficient (Wildman–Crippen LogP) is 0.868. The molecule has 1 aliphatic heterocycles. The van der Waals surface area contributed by atoms with Crippen LogP contribution in [0, 0.1) is 0 Å². The van der Waals surface area contributed by atoms with Crippen LogP contribution in [-0.2, 0) is 0 Å². The standard InChI is InChI=1S/C9H11N3O2/c10-7-2-3-8(11-6-7)14-9(13)12-4-1-5-12/h2-3,6H,1,4-5,10H2. The Bertz CT molecular complexity index is 332. The fraction of sp³-hybridized carbons (Fsp3) is 0.333. The van der Waals surface area contributed by atoms with Crippen LogP contribution < -0.4 is 10.5 Å². The van der Waals surface area contributed by atoms with Crippen LogP contribution in [0.15, 0.2) is 18.3 Å². The van der Waals surface area contributed by atoms with Crippen molar-refractivity contribution in [2.24, 2.45) is 0 Å². The van der Waals surface area contributed by atoms with Crippen molar-refractivity contribution in [3.05, 3.63) is 18.3 Å². The van der Waals surface area contributed by atoms with E-state index < -0.39 is 0 Å². The lowest BCUT2D eigenvalue weighted by atomic mass is 10.2. The van der Waals surface area contributed by atoms with Gasteiger partial charge in [0.05, 0.1) is 11.9 Å². The van der Waals surface area contributed by atoms with Crippen molar-refractivity contribution in [2.75, 3.05) is 18.8 Å². The number of likely N-dealkylation sites (tertiary alicyclic amines) is 1. The molecule has 0 spiro atoms. The lowest BCUT2D eigenvalue weighted by Gasteiger charge is -2.29. The average Bonchev–Trinajstić information content (AvgIpc) is 2.06. The summed E-state index contributed by atoms with van der Waals surface area (Å²) in [6, 6.07) is 3.22. The Morgan fingerprint density at radius 1 is 1.50 bits per heavy atom. The summed E-state index contributed by atoms with van der Waals surface area (Å²) < 4.78 is 4.99. The van der Waals surface area contributed by atoms with Crippen molar-refractivity contribution < 1.29 is 9.53 Å². The Hall–Kier alpha value is -1.78. The van der Waals surface area contributed by atoms with Gasteiger partial charge in [0.25, 0.3) is 0 Å². The molecular weight excluding hydrogens is 182 g/mol. The second-order valence-corrected chi connectivity index (χ2v) is 3.14. The molecule has 1 aromatic heterocycles. The molecule has 5 nitrogen and oxygen atoms in total. The number of aromatic nitrogens is 1. The van der Waals surface area contributed by atoms with Gasteiger partial charge in [-0.3, -0.25) is 0 Å². The molecule has 0 aliphatic carbocycles. The van der Waals surface area contributed by atoms with E-state index >= 15 is 0 Å². The van der Waals surface area contributed by atoms with Gasteiger partial charge in [-0.05, 0) is 12.5 Å². The number of ether oxygens (including phenoxy) is 1. The SMILES string of the molecule is Nc1ccc(OC(=O)N2CCC2)nc1. The van der Waals surface area contributed by atoms with E-state index in [0.29, 0.717) is 5.69 Å². The predicted molar refractivity (Wildman–Crippen MR) is 50.9 cm³/mol. The first kappa shape index (κ1) is 8.80. The van der Waals surface area contributed by atoms with Gasteiger partial charge in [-0.25, -0.2) is 9.78 Å². The lowest BCUT2D eigenvalue weighted by molar-refractivity contribution is 0.123. The van der Waals surface area contributed by atoms with Crippen LogP contribution in [0.5, 0.6) is 5.88 Å². The molecule has 0 radical (unpaired) electrons. The molecule has 1 aromatic rings. The Morgan fingerprint density at radius 2 is 2.29 bits per heavy atom. The number of carbonyl (C=O) groups excluding carboxylic acids is 1. The molecule has 14 heavy (non-hydrogen) atoms. The highest BCUT2D eigenvalue weighted by Crippen LogP contribution is 2.12. The summed E-state index contributed by atoms with van der Waals surface area (Å²) in [5, 5.41) is 0. The highest BCUT2D eigenvalue weighted by Gasteiger charge is 2.22. The van der Waals surface area contributed by atoms with E-state index in [1.54, 1.807) is 17.0 Å². The molecule has 1 fully saturated rings. The first-order chi connectivity index (χ1) is 6.75. The van der Waals surface area contributed by atoms with E-state index in [9.17, 15) is 4.79 Å². The summed E-state index contributed by atoms with van der Waals surface area (Å²) in [6.45, 7) is 1.54. The van der Waals surface area contributed by atoms with Crippen LogP contribution in [0.2, 0.25) is 0 Å². The number of nitrogens with zero attached hydrogens (tertiary/aromatic N) is 2. The third kappa shape index (κ3) is 1.76. The first-order valence-corrected chi connectivity index (χ1v) is 4.44. The van der Waals surface area contributed by atoms with Crippen LogP contribution >= 0.6 is 0 Å². The smallest absolute Gasteiger partial charge is 0.397 e. The van der Waals surface area contributed by atoms with Crippen molar-refractivity contribution in [1.29, 1.82) is 0 Å². The van der Waals surface area contributed by atoms with Gasteiger partial charge in [0.2, 0.25) is 5.88 Å². The summed E-state index contributed by atoms with van der Waals surface area (Å²) in [5.41, 5.74) is 5.99. The van der Waals surface area contributed by atoms with E-state index in [1.165, 1.54) is 6.20 Å². The molecule has 0 unspecified atom stereocenters. The fourth-order valence-electron chi connectivity index (χ4n) is 1.10. The van der Waals surface area contributed by atoms with Gasteiger partial charge in [-0.1, -0.05) is 0 Å². The number of nitrogen functional groups attached to an aromatic ring is 1. The van der Waals surface area contributed by atoms with Crippen LogP contribution in [0.25, 0.3) is 0 Å². The molecule has 5 heteroatoms. The molecule has 0 atom stereocenters. The van der Waals surface area contributed by atoms with E-state index in [4.69, 9.17) is 10.5 Å². The molecule has 1 aliphatic rings. The maximum Gasteiger partial charge on any atom is 0.416 e. The minimum Gasteiger partial charge on any atom is -0.397 e. The Morgan fingerprint density at radius 3 is 2.79 bits per heavy atom. The number of hydrogen-bond donors (Lipinski definition) is 1. The van der Waals surface area contributed by atoms with Gasteiger partial charge in [-0.2, -0.15) is 0 Å². The zero-order valence-electron chi connectivity index (χ0n) is 7.64. The highest BCUT2D eigenvalue weighted by molar-refractivity contribution is 5.71. The Labute approximate surface area is 81.5 Å². The zero-order valence-corrected chi connectivity index (χ0v) is 7.64. The molecule has 1 amide bonds. The maximum atomic E-state index is 11.3. The quantitative estimate of drug-likeness (QED) is 0.718. The molecule has 2 N–H and O–H groups in total. The van der Waals surface area contributed by atoms with Gasteiger partial charge in [0.1, 0.15) is 0 Å². The fourth-order valence-corrected chi connectivity index (χ4v) is 1.10. The maximum absolute atomic E-state index is 11.3. The largest absolute Gasteiger partial charge is 0.416 e. The topological polar surface area (TPSA) is 68.5 Å². The molecular formula is C9H11N3O2. The van der Waals surface area contributed by atoms with Crippen LogP contribution in [0.1, 0.15) is 6.42 Å². The molecule has 2 rings (SSSR count). The van der Waals surface area contributed by atoms with Gasteiger partial charge in [0, 0.05) is 19.2 Å². The summed E-state index contributed by atoms with van der Waals surface area (Å²) in [7, 11) is 0. The molecule has 74 valence electrons. The second kappa shape index (κ2) is 3.53. The van der Waals surface area contributed by atoms with Crippen molar-refractivity contribution in [2.45, 2.75) is 6.42 Å². The normalized spacial score (nSPS) is 14.7. The van der Waals surface area contributed by atoms with Crippen molar-refractivity contribution >= 4 is 11.8 Å². The number of nitrogens with two attached hydrogens (primary N) is 1. The van der Waals surface area contributed by atoms with E-state index in [0.717, 1.165) is 19.5 Å². The average molecular weight is 193 g/mol. The van der Waals surface area contributed by atoms with Crippen molar-refractivity contribution in [1.82, 2.24) is 9.88 Å².